The number of hydrogen-bond donors (Lipinski definition) is 1. The van der Waals surface area contributed by atoms with Gasteiger partial charge in [-0.25, -0.2) is 13.6 Å². The Morgan fingerprint density at radius 1 is 1.00 bits per heavy atom. The van der Waals surface area contributed by atoms with E-state index in [1.54, 1.807) is 30.3 Å². The molecule has 0 unspecified atom stereocenters. The second-order valence-electron chi connectivity index (χ2n) is 4.32. The Bertz CT molecular complexity index is 702. The number of amides is 1. The zero-order valence-electron chi connectivity index (χ0n) is 11.0. The molecule has 0 aliphatic rings. The van der Waals surface area contributed by atoms with Crippen molar-refractivity contribution >= 4 is 17.6 Å². The first kappa shape index (κ1) is 14.6. The molecule has 0 saturated carbocycles. The summed E-state index contributed by atoms with van der Waals surface area (Å²) in [5.74, 6) is -4.83. The zero-order chi connectivity index (χ0) is 15.6. The molecule has 6 heteroatoms. The van der Waals surface area contributed by atoms with Gasteiger partial charge in [0.1, 0.15) is 0 Å². The second kappa shape index (κ2) is 5.70. The van der Waals surface area contributed by atoms with Gasteiger partial charge in [0.2, 0.25) is 0 Å². The van der Waals surface area contributed by atoms with Gasteiger partial charge in [-0.1, -0.05) is 18.2 Å². The lowest BCUT2D eigenvalue weighted by Gasteiger charge is -2.18. The molecule has 1 N–H and O–H groups in total. The fourth-order valence-corrected chi connectivity index (χ4v) is 1.85. The summed E-state index contributed by atoms with van der Waals surface area (Å²) in [5, 5.41) is 9.02. The van der Waals surface area contributed by atoms with Gasteiger partial charge in [-0.05, 0) is 24.3 Å². The molecule has 0 aliphatic carbocycles. The van der Waals surface area contributed by atoms with Gasteiger partial charge in [0.25, 0.3) is 5.91 Å². The van der Waals surface area contributed by atoms with Gasteiger partial charge in [0, 0.05) is 12.7 Å². The molecule has 0 heterocycles. The van der Waals surface area contributed by atoms with Crippen LogP contribution in [0.5, 0.6) is 0 Å². The van der Waals surface area contributed by atoms with E-state index in [9.17, 15) is 18.4 Å². The average molecular weight is 291 g/mol. The Kier molecular flexibility index (Phi) is 3.98. The van der Waals surface area contributed by atoms with Gasteiger partial charge in [0.15, 0.2) is 11.6 Å². The van der Waals surface area contributed by atoms with E-state index in [4.69, 9.17) is 5.11 Å². The molecule has 2 rings (SSSR count). The van der Waals surface area contributed by atoms with Gasteiger partial charge in [-0.2, -0.15) is 0 Å². The Morgan fingerprint density at radius 2 is 1.52 bits per heavy atom. The molecule has 0 atom stereocenters. The number of nitrogens with zero attached hydrogens (tertiary/aromatic N) is 1. The third-order valence-electron chi connectivity index (χ3n) is 2.97. The minimum Gasteiger partial charge on any atom is -0.478 e. The topological polar surface area (TPSA) is 57.6 Å². The molecule has 0 aromatic heterocycles. The van der Waals surface area contributed by atoms with Gasteiger partial charge in [-0.3, -0.25) is 4.79 Å². The maximum atomic E-state index is 13.3. The fourth-order valence-electron chi connectivity index (χ4n) is 1.85. The van der Waals surface area contributed by atoms with E-state index in [2.05, 4.69) is 0 Å². The number of carbonyl (C=O) groups excluding carboxylic acids is 1. The van der Waals surface area contributed by atoms with Crippen molar-refractivity contribution in [1.29, 1.82) is 0 Å². The zero-order valence-corrected chi connectivity index (χ0v) is 11.0. The summed E-state index contributed by atoms with van der Waals surface area (Å²) in [5.41, 5.74) is -0.488. The van der Waals surface area contributed by atoms with Crippen molar-refractivity contribution in [3.05, 3.63) is 65.2 Å². The summed E-state index contributed by atoms with van der Waals surface area (Å²) in [6, 6.07) is 9.52. The summed E-state index contributed by atoms with van der Waals surface area (Å²) < 4.78 is 26.5. The number of carboxylic acid groups (broad SMARTS) is 1. The molecule has 108 valence electrons. The molecule has 2 aromatic rings. The van der Waals surface area contributed by atoms with Gasteiger partial charge < -0.3 is 10.0 Å². The van der Waals surface area contributed by atoms with Crippen LogP contribution in [0.15, 0.2) is 42.5 Å². The molecule has 4 nitrogen and oxygen atoms in total. The lowest BCUT2D eigenvalue weighted by atomic mass is 10.1. The SMILES string of the molecule is CN(C(=O)c1cc(F)c(F)cc1C(=O)O)c1ccccc1. The Labute approximate surface area is 119 Å². The first-order chi connectivity index (χ1) is 9.91. The minimum atomic E-state index is -1.50. The fraction of sp³-hybridized carbons (Fsp3) is 0.0667. The third kappa shape index (κ3) is 2.89. The van der Waals surface area contributed by atoms with Crippen LogP contribution < -0.4 is 4.90 Å². The van der Waals surface area contributed by atoms with Crippen LogP contribution in [0.25, 0.3) is 0 Å². The number of anilines is 1. The maximum absolute atomic E-state index is 13.3. The van der Waals surface area contributed by atoms with E-state index in [-0.39, 0.29) is 0 Å². The van der Waals surface area contributed by atoms with Crippen LogP contribution in [0.3, 0.4) is 0 Å². The molecule has 0 spiro atoms. The standard InChI is InChI=1S/C15H11F2NO3/c1-18(9-5-3-2-4-6-9)14(19)10-7-12(16)13(17)8-11(10)15(20)21/h2-8H,1H3,(H,20,21). The molecule has 0 saturated heterocycles. The highest BCUT2D eigenvalue weighted by molar-refractivity contribution is 6.11. The van der Waals surface area contributed by atoms with Crippen LogP contribution >= 0.6 is 0 Å². The Balaban J connectivity index is 2.48. The number of aromatic carboxylic acids is 1. The molecule has 0 fully saturated rings. The van der Waals surface area contributed by atoms with Crippen molar-refractivity contribution in [3.63, 3.8) is 0 Å². The number of benzene rings is 2. The summed E-state index contributed by atoms with van der Waals surface area (Å²) in [7, 11) is 1.42. The number of para-hydroxylation sites is 1. The molecule has 21 heavy (non-hydrogen) atoms. The van der Waals surface area contributed by atoms with Gasteiger partial charge in [-0.15, -0.1) is 0 Å². The highest BCUT2D eigenvalue weighted by Gasteiger charge is 2.23. The lowest BCUT2D eigenvalue weighted by Crippen LogP contribution is -2.28. The highest BCUT2D eigenvalue weighted by Crippen LogP contribution is 2.20. The van der Waals surface area contributed by atoms with E-state index in [1.807, 2.05) is 0 Å². The Morgan fingerprint density at radius 3 is 2.05 bits per heavy atom. The smallest absolute Gasteiger partial charge is 0.336 e. The highest BCUT2D eigenvalue weighted by atomic mass is 19.2. The van der Waals surface area contributed by atoms with Crippen LogP contribution in [0.1, 0.15) is 20.7 Å². The number of rotatable bonds is 3. The minimum absolute atomic E-state index is 0.409. The van der Waals surface area contributed by atoms with E-state index in [0.29, 0.717) is 17.8 Å². The summed E-state index contributed by atoms with van der Waals surface area (Å²) in [6.07, 6.45) is 0. The molecule has 2 aromatic carbocycles. The van der Waals surface area contributed by atoms with Crippen molar-refractivity contribution in [2.45, 2.75) is 0 Å². The molecule has 0 radical (unpaired) electrons. The quantitative estimate of drug-likeness (QED) is 0.946. The van der Waals surface area contributed by atoms with E-state index in [0.717, 1.165) is 0 Å². The van der Waals surface area contributed by atoms with Gasteiger partial charge in [0.05, 0.1) is 11.1 Å². The molecular weight excluding hydrogens is 280 g/mol. The number of carbonyl (C=O) groups is 2. The van der Waals surface area contributed by atoms with Crippen molar-refractivity contribution in [1.82, 2.24) is 0 Å². The number of hydrogen-bond acceptors (Lipinski definition) is 2. The van der Waals surface area contributed by atoms with Crippen molar-refractivity contribution in [2.24, 2.45) is 0 Å². The maximum Gasteiger partial charge on any atom is 0.336 e. The van der Waals surface area contributed by atoms with E-state index in [1.165, 1.54) is 11.9 Å². The van der Waals surface area contributed by atoms with Crippen molar-refractivity contribution in [3.8, 4) is 0 Å². The van der Waals surface area contributed by atoms with E-state index >= 15 is 0 Å². The molecule has 0 aliphatic heterocycles. The van der Waals surface area contributed by atoms with Crippen LogP contribution in [0.2, 0.25) is 0 Å². The lowest BCUT2D eigenvalue weighted by molar-refractivity contribution is 0.0691. The predicted octanol–water partition coefficient (Wildman–Crippen LogP) is 2.94. The molecule has 1 amide bonds. The van der Waals surface area contributed by atoms with Crippen LogP contribution in [-0.4, -0.2) is 24.0 Å². The average Bonchev–Trinajstić information content (AvgIpc) is 2.48. The largest absolute Gasteiger partial charge is 0.478 e. The summed E-state index contributed by atoms with van der Waals surface area (Å²) in [6.45, 7) is 0. The second-order valence-corrected chi connectivity index (χ2v) is 4.32. The number of halogens is 2. The normalized spacial score (nSPS) is 10.2. The van der Waals surface area contributed by atoms with Crippen molar-refractivity contribution < 1.29 is 23.5 Å². The van der Waals surface area contributed by atoms with Crippen molar-refractivity contribution in [2.75, 3.05) is 11.9 Å². The molecule has 0 bridgehead atoms. The van der Waals surface area contributed by atoms with E-state index < -0.39 is 34.6 Å². The first-order valence-electron chi connectivity index (χ1n) is 5.97. The third-order valence-corrected chi connectivity index (χ3v) is 2.97. The predicted molar refractivity (Wildman–Crippen MR) is 72.5 cm³/mol. The number of carboxylic acids is 1. The van der Waals surface area contributed by atoms with Crippen LogP contribution in [0, 0.1) is 11.6 Å². The van der Waals surface area contributed by atoms with Crippen LogP contribution in [0.4, 0.5) is 14.5 Å². The summed E-state index contributed by atoms with van der Waals surface area (Å²) in [4.78, 5) is 24.6. The van der Waals surface area contributed by atoms with Gasteiger partial charge >= 0.3 is 5.97 Å². The van der Waals surface area contributed by atoms with Crippen LogP contribution in [-0.2, 0) is 0 Å². The summed E-state index contributed by atoms with van der Waals surface area (Å²) >= 11 is 0. The first-order valence-corrected chi connectivity index (χ1v) is 5.97. The molecular formula is C15H11F2NO3. The monoisotopic (exact) mass is 291 g/mol. The Hall–Kier alpha value is -2.76.